The van der Waals surface area contributed by atoms with Gasteiger partial charge in [-0.15, -0.1) is 0 Å². The van der Waals surface area contributed by atoms with Crippen LogP contribution in [0.4, 0.5) is 0 Å². The van der Waals surface area contributed by atoms with Gasteiger partial charge in [0.1, 0.15) is 5.76 Å². The minimum Gasteiger partial charge on any atom is -0.462 e. The number of ether oxygens (including phenoxy) is 1. The summed E-state index contributed by atoms with van der Waals surface area (Å²) in [7, 11) is 0. The van der Waals surface area contributed by atoms with Crippen molar-refractivity contribution >= 4 is 5.97 Å². The molecule has 1 aromatic rings. The number of aromatic nitrogens is 1. The van der Waals surface area contributed by atoms with Gasteiger partial charge < -0.3 is 14.6 Å². The van der Waals surface area contributed by atoms with Gasteiger partial charge in [0.2, 0.25) is 0 Å². The largest absolute Gasteiger partial charge is 0.462 e. The first kappa shape index (κ1) is 12.7. The van der Waals surface area contributed by atoms with Gasteiger partial charge in [-0.05, 0) is 27.7 Å². The summed E-state index contributed by atoms with van der Waals surface area (Å²) >= 11 is 0. The topological polar surface area (TPSA) is 64.4 Å². The predicted molar refractivity (Wildman–Crippen MR) is 58.9 cm³/mol. The van der Waals surface area contributed by atoms with Gasteiger partial charge in [-0.25, -0.2) is 0 Å². The molecular formula is C11H18N2O3. The highest BCUT2D eigenvalue weighted by Crippen LogP contribution is 2.11. The van der Waals surface area contributed by atoms with Crippen molar-refractivity contribution in [1.29, 1.82) is 0 Å². The zero-order valence-electron chi connectivity index (χ0n) is 10.2. The summed E-state index contributed by atoms with van der Waals surface area (Å²) in [5.74, 6) is 0.531. The van der Waals surface area contributed by atoms with Crippen LogP contribution in [0.15, 0.2) is 4.52 Å². The van der Waals surface area contributed by atoms with Crippen molar-refractivity contribution in [3.8, 4) is 0 Å². The normalized spacial score (nSPS) is 10.8. The number of hydrogen-bond donors (Lipinski definition) is 1. The van der Waals surface area contributed by atoms with Gasteiger partial charge in [0.15, 0.2) is 0 Å². The second-order valence-electron chi connectivity index (χ2n) is 3.94. The highest BCUT2D eigenvalue weighted by atomic mass is 16.5. The van der Waals surface area contributed by atoms with Crippen molar-refractivity contribution < 1.29 is 14.1 Å². The molecule has 0 aromatic carbocycles. The van der Waals surface area contributed by atoms with Crippen LogP contribution < -0.4 is 5.32 Å². The lowest BCUT2D eigenvalue weighted by atomic mass is 10.2. The number of carbonyl (C=O) groups excluding carboxylic acids is 1. The molecule has 0 spiro atoms. The van der Waals surface area contributed by atoms with Crippen molar-refractivity contribution in [3.05, 3.63) is 17.0 Å². The van der Waals surface area contributed by atoms with Crippen LogP contribution in [0.5, 0.6) is 0 Å². The van der Waals surface area contributed by atoms with E-state index in [9.17, 15) is 4.79 Å². The highest BCUT2D eigenvalue weighted by Gasteiger charge is 2.10. The summed E-state index contributed by atoms with van der Waals surface area (Å²) in [5.41, 5.74) is 1.85. The SMILES string of the molecule is Cc1noc(C)c1CNCC(=O)OC(C)C. The zero-order valence-corrected chi connectivity index (χ0v) is 10.2. The molecule has 5 nitrogen and oxygen atoms in total. The summed E-state index contributed by atoms with van der Waals surface area (Å²) in [4.78, 5) is 11.2. The number of aryl methyl sites for hydroxylation is 2. The van der Waals surface area contributed by atoms with Crippen LogP contribution in [0.25, 0.3) is 0 Å². The monoisotopic (exact) mass is 226 g/mol. The highest BCUT2D eigenvalue weighted by molar-refractivity contribution is 5.71. The lowest BCUT2D eigenvalue weighted by Gasteiger charge is -2.08. The van der Waals surface area contributed by atoms with E-state index in [2.05, 4.69) is 10.5 Å². The van der Waals surface area contributed by atoms with E-state index in [0.29, 0.717) is 6.54 Å². The summed E-state index contributed by atoms with van der Waals surface area (Å²) < 4.78 is 10.0. The molecule has 5 heteroatoms. The Bertz CT molecular complexity index is 339. The summed E-state index contributed by atoms with van der Waals surface area (Å²) in [6.45, 7) is 8.14. The first-order chi connectivity index (χ1) is 7.50. The summed E-state index contributed by atoms with van der Waals surface area (Å²) in [5, 5.41) is 6.83. The number of nitrogens with one attached hydrogen (secondary N) is 1. The van der Waals surface area contributed by atoms with Crippen LogP contribution in [0, 0.1) is 13.8 Å². The fourth-order valence-corrected chi connectivity index (χ4v) is 1.35. The quantitative estimate of drug-likeness (QED) is 0.767. The van der Waals surface area contributed by atoms with Gasteiger partial charge in [0, 0.05) is 12.1 Å². The lowest BCUT2D eigenvalue weighted by Crippen LogP contribution is -2.26. The van der Waals surface area contributed by atoms with E-state index in [0.717, 1.165) is 17.0 Å². The minimum absolute atomic E-state index is 0.0756. The maximum absolute atomic E-state index is 11.2. The number of rotatable bonds is 5. The van der Waals surface area contributed by atoms with E-state index < -0.39 is 0 Å². The van der Waals surface area contributed by atoms with E-state index in [1.165, 1.54) is 0 Å². The van der Waals surface area contributed by atoms with Crippen molar-refractivity contribution in [2.75, 3.05) is 6.54 Å². The molecule has 0 aliphatic heterocycles. The average molecular weight is 226 g/mol. The van der Waals surface area contributed by atoms with Crippen molar-refractivity contribution in [2.24, 2.45) is 0 Å². The van der Waals surface area contributed by atoms with Crippen molar-refractivity contribution in [1.82, 2.24) is 10.5 Å². The van der Waals surface area contributed by atoms with Gasteiger partial charge in [0.05, 0.1) is 18.3 Å². The predicted octanol–water partition coefficient (Wildman–Crippen LogP) is 1.33. The molecule has 0 fully saturated rings. The van der Waals surface area contributed by atoms with Crippen LogP contribution in [0.1, 0.15) is 30.9 Å². The molecule has 0 aliphatic carbocycles. The fourth-order valence-electron chi connectivity index (χ4n) is 1.35. The molecule has 0 bridgehead atoms. The molecule has 1 heterocycles. The second kappa shape index (κ2) is 5.65. The molecule has 1 aromatic heterocycles. The summed E-state index contributed by atoms with van der Waals surface area (Å²) in [6.07, 6.45) is -0.0756. The number of carbonyl (C=O) groups is 1. The molecule has 16 heavy (non-hydrogen) atoms. The Balaban J connectivity index is 2.33. The molecule has 0 amide bonds. The Morgan fingerprint density at radius 1 is 1.50 bits per heavy atom. The molecule has 90 valence electrons. The molecule has 0 saturated heterocycles. The zero-order chi connectivity index (χ0) is 12.1. The van der Waals surface area contributed by atoms with E-state index in [-0.39, 0.29) is 18.6 Å². The first-order valence-electron chi connectivity index (χ1n) is 5.32. The van der Waals surface area contributed by atoms with Gasteiger partial charge in [-0.1, -0.05) is 5.16 Å². The molecular weight excluding hydrogens is 208 g/mol. The Morgan fingerprint density at radius 2 is 2.19 bits per heavy atom. The maximum atomic E-state index is 11.2. The number of esters is 1. The first-order valence-corrected chi connectivity index (χ1v) is 5.32. The van der Waals surface area contributed by atoms with E-state index in [1.807, 2.05) is 27.7 Å². The number of nitrogens with zero attached hydrogens (tertiary/aromatic N) is 1. The van der Waals surface area contributed by atoms with Gasteiger partial charge >= 0.3 is 5.97 Å². The fraction of sp³-hybridized carbons (Fsp3) is 0.636. The van der Waals surface area contributed by atoms with Crippen LogP contribution in [-0.2, 0) is 16.1 Å². The molecule has 0 radical (unpaired) electrons. The lowest BCUT2D eigenvalue weighted by molar-refractivity contribution is -0.146. The second-order valence-corrected chi connectivity index (χ2v) is 3.94. The van der Waals surface area contributed by atoms with Gasteiger partial charge in [-0.3, -0.25) is 4.79 Å². The van der Waals surface area contributed by atoms with Crippen LogP contribution in [-0.4, -0.2) is 23.8 Å². The standard InChI is InChI=1S/C11H18N2O3/c1-7(2)15-11(14)6-12-5-10-8(3)13-16-9(10)4/h7,12H,5-6H2,1-4H3. The molecule has 0 atom stereocenters. The van der Waals surface area contributed by atoms with E-state index in [1.54, 1.807) is 0 Å². The molecule has 0 unspecified atom stereocenters. The van der Waals surface area contributed by atoms with Crippen LogP contribution in [0.2, 0.25) is 0 Å². The van der Waals surface area contributed by atoms with Crippen LogP contribution in [0.3, 0.4) is 0 Å². The van der Waals surface area contributed by atoms with Crippen LogP contribution >= 0.6 is 0 Å². The van der Waals surface area contributed by atoms with E-state index >= 15 is 0 Å². The Morgan fingerprint density at radius 3 is 2.69 bits per heavy atom. The Hall–Kier alpha value is -1.36. The average Bonchev–Trinajstić information content (AvgIpc) is 2.47. The maximum Gasteiger partial charge on any atom is 0.320 e. The molecule has 0 saturated carbocycles. The molecule has 1 N–H and O–H groups in total. The van der Waals surface area contributed by atoms with Crippen molar-refractivity contribution in [2.45, 2.75) is 40.3 Å². The Kier molecular flexibility index (Phi) is 4.49. The number of hydrogen-bond acceptors (Lipinski definition) is 5. The minimum atomic E-state index is -0.248. The van der Waals surface area contributed by atoms with E-state index in [4.69, 9.17) is 9.26 Å². The van der Waals surface area contributed by atoms with Gasteiger partial charge in [0.25, 0.3) is 0 Å². The molecule has 1 rings (SSSR count). The third-order valence-corrected chi connectivity index (χ3v) is 2.12. The smallest absolute Gasteiger partial charge is 0.320 e. The summed E-state index contributed by atoms with van der Waals surface area (Å²) in [6, 6.07) is 0. The molecule has 0 aliphatic rings. The third-order valence-electron chi connectivity index (χ3n) is 2.12. The van der Waals surface area contributed by atoms with Crippen molar-refractivity contribution in [3.63, 3.8) is 0 Å². The Labute approximate surface area is 95.1 Å². The third kappa shape index (κ3) is 3.66. The van der Waals surface area contributed by atoms with Gasteiger partial charge in [-0.2, -0.15) is 0 Å².